The summed E-state index contributed by atoms with van der Waals surface area (Å²) in [5.74, 6) is -0.0920. The normalized spacial score (nSPS) is 16.5. The van der Waals surface area contributed by atoms with Crippen molar-refractivity contribution in [1.29, 1.82) is 0 Å². The second kappa shape index (κ2) is 15.9. The fraction of sp³-hybridized carbons (Fsp3) is 0.179. The van der Waals surface area contributed by atoms with Crippen molar-refractivity contribution < 1.29 is 23.8 Å². The van der Waals surface area contributed by atoms with Crippen LogP contribution in [0.15, 0.2) is 138 Å². The Labute approximate surface area is 288 Å². The zero-order chi connectivity index (χ0) is 34.8. The first-order valence-corrected chi connectivity index (χ1v) is 16.2. The van der Waals surface area contributed by atoms with Gasteiger partial charge in [0.05, 0.1) is 6.61 Å². The summed E-state index contributed by atoms with van der Waals surface area (Å²) in [6, 6.07) is 38.1. The topological polar surface area (TPSA) is 141 Å². The number of nitrogens with zero attached hydrogens (tertiary/aromatic N) is 4. The van der Waals surface area contributed by atoms with Gasteiger partial charge in [0.1, 0.15) is 11.6 Å². The molecule has 1 heterocycles. The standard InChI is InChI=1S/C39H35FN6O4/c40-34-13-6-4-12-32(34)26-42-45-38(48)39(25-31-11-5-7-14-35(31)44-46-41)36(29-17-15-28(16-18-29)27-9-2-1-3-10-27)50-37(43-39)30-19-21-33(22-20-30)49-24-8-23-47/h1-7,9-22,36,42,47H,8,23-26H2,(H,45,48)/t36-,39-/m0/s1. The Morgan fingerprint density at radius 1 is 0.880 bits per heavy atom. The van der Waals surface area contributed by atoms with Crippen molar-refractivity contribution in [3.63, 3.8) is 0 Å². The third kappa shape index (κ3) is 7.66. The van der Waals surface area contributed by atoms with E-state index in [-0.39, 0.29) is 25.5 Å². The summed E-state index contributed by atoms with van der Waals surface area (Å²) in [7, 11) is 0. The van der Waals surface area contributed by atoms with E-state index in [9.17, 15) is 14.7 Å². The molecule has 0 spiro atoms. The third-order valence-corrected chi connectivity index (χ3v) is 8.39. The first-order valence-electron chi connectivity index (χ1n) is 16.2. The Hall–Kier alpha value is -6.00. The van der Waals surface area contributed by atoms with Gasteiger partial charge in [-0.05, 0) is 58.1 Å². The van der Waals surface area contributed by atoms with E-state index in [1.54, 1.807) is 66.7 Å². The highest BCUT2D eigenvalue weighted by atomic mass is 19.1. The summed E-state index contributed by atoms with van der Waals surface area (Å²) < 4.78 is 26.8. The maximum Gasteiger partial charge on any atom is 0.266 e. The average molecular weight is 671 g/mol. The Morgan fingerprint density at radius 2 is 1.54 bits per heavy atom. The fourth-order valence-corrected chi connectivity index (χ4v) is 5.83. The number of rotatable bonds is 14. The number of carbonyl (C=O) groups excluding carboxylic acids is 1. The second-order valence-electron chi connectivity index (χ2n) is 11.7. The number of hydrogen-bond donors (Lipinski definition) is 3. The van der Waals surface area contributed by atoms with Crippen LogP contribution in [0.5, 0.6) is 5.75 Å². The molecular formula is C39H35FN6O4. The number of aliphatic imine (C=N–C) groups is 1. The van der Waals surface area contributed by atoms with Crippen LogP contribution in [0.2, 0.25) is 0 Å². The summed E-state index contributed by atoms with van der Waals surface area (Å²) >= 11 is 0. The molecule has 10 nitrogen and oxygen atoms in total. The van der Waals surface area contributed by atoms with Crippen molar-refractivity contribution in [2.24, 2.45) is 10.1 Å². The molecule has 6 rings (SSSR count). The van der Waals surface area contributed by atoms with Crippen molar-refractivity contribution in [1.82, 2.24) is 10.9 Å². The predicted molar refractivity (Wildman–Crippen MR) is 189 cm³/mol. The van der Waals surface area contributed by atoms with Crippen LogP contribution in [0.1, 0.15) is 34.8 Å². The van der Waals surface area contributed by atoms with Gasteiger partial charge in [0.25, 0.3) is 5.91 Å². The number of benzene rings is 5. The molecule has 11 heteroatoms. The molecule has 0 bridgehead atoms. The Morgan fingerprint density at radius 3 is 2.26 bits per heavy atom. The minimum absolute atomic E-state index is 0.00631. The molecule has 0 unspecified atom stereocenters. The molecule has 50 heavy (non-hydrogen) atoms. The summed E-state index contributed by atoms with van der Waals surface area (Å²) in [6.07, 6.45) is -0.411. The number of aliphatic hydroxyl groups is 1. The lowest BCUT2D eigenvalue weighted by Crippen LogP contribution is -2.53. The SMILES string of the molecule is [N-]=[N+]=Nc1ccccc1C[C@]1(C(=O)NNCc2ccccc2F)N=C(c2ccc(OCCCO)cc2)O[C@H]1c1ccc(-c2ccccc2)cc1. The van der Waals surface area contributed by atoms with Gasteiger partial charge in [-0.2, -0.15) is 0 Å². The van der Waals surface area contributed by atoms with E-state index < -0.39 is 23.4 Å². The average Bonchev–Trinajstić information content (AvgIpc) is 3.54. The van der Waals surface area contributed by atoms with E-state index >= 15 is 0 Å². The number of nitrogens with one attached hydrogen (secondary N) is 2. The minimum atomic E-state index is -1.61. The molecule has 1 aliphatic rings. The van der Waals surface area contributed by atoms with Crippen molar-refractivity contribution in [2.45, 2.75) is 31.0 Å². The van der Waals surface area contributed by atoms with Gasteiger partial charge in [0.2, 0.25) is 5.90 Å². The number of hydrazine groups is 1. The van der Waals surface area contributed by atoms with Crippen LogP contribution >= 0.6 is 0 Å². The highest BCUT2D eigenvalue weighted by Crippen LogP contribution is 2.44. The van der Waals surface area contributed by atoms with Crippen LogP contribution < -0.4 is 15.6 Å². The van der Waals surface area contributed by atoms with Gasteiger partial charge in [-0.25, -0.2) is 14.8 Å². The maximum absolute atomic E-state index is 14.6. The lowest BCUT2D eigenvalue weighted by molar-refractivity contribution is -0.130. The zero-order valence-electron chi connectivity index (χ0n) is 27.1. The largest absolute Gasteiger partial charge is 0.494 e. The summed E-state index contributed by atoms with van der Waals surface area (Å²) in [5, 5.41) is 13.0. The minimum Gasteiger partial charge on any atom is -0.494 e. The molecule has 0 saturated carbocycles. The van der Waals surface area contributed by atoms with Gasteiger partial charge >= 0.3 is 0 Å². The van der Waals surface area contributed by atoms with E-state index in [1.165, 1.54) is 6.07 Å². The molecule has 0 saturated heterocycles. The Kier molecular flexibility index (Phi) is 10.8. The molecule has 252 valence electrons. The van der Waals surface area contributed by atoms with E-state index in [0.29, 0.717) is 46.7 Å². The molecule has 3 N–H and O–H groups in total. The lowest BCUT2D eigenvalue weighted by Gasteiger charge is -2.31. The molecule has 0 fully saturated rings. The van der Waals surface area contributed by atoms with Crippen molar-refractivity contribution in [3.8, 4) is 16.9 Å². The number of aliphatic hydroxyl groups excluding tert-OH is 1. The van der Waals surface area contributed by atoms with Gasteiger partial charge < -0.3 is 14.6 Å². The summed E-state index contributed by atoms with van der Waals surface area (Å²) in [5.41, 5.74) is 18.0. The highest BCUT2D eigenvalue weighted by molar-refractivity contribution is 6.01. The number of hydrogen-bond acceptors (Lipinski definition) is 7. The monoisotopic (exact) mass is 670 g/mol. The Balaban J connectivity index is 1.42. The highest BCUT2D eigenvalue weighted by Gasteiger charge is 2.53. The zero-order valence-corrected chi connectivity index (χ0v) is 27.1. The number of halogens is 1. The van der Waals surface area contributed by atoms with E-state index in [4.69, 9.17) is 19.6 Å². The summed E-state index contributed by atoms with van der Waals surface area (Å²) in [4.78, 5) is 22.6. The molecule has 1 aliphatic heterocycles. The molecule has 1 amide bonds. The Bertz CT molecular complexity index is 2000. The van der Waals surface area contributed by atoms with Gasteiger partial charge in [0.15, 0.2) is 11.6 Å². The first kappa shape index (κ1) is 33.9. The van der Waals surface area contributed by atoms with Crippen LogP contribution in [0, 0.1) is 5.82 Å². The molecule has 0 radical (unpaired) electrons. The van der Waals surface area contributed by atoms with Crippen molar-refractivity contribution >= 4 is 17.5 Å². The molecule has 0 aromatic heterocycles. The van der Waals surface area contributed by atoms with E-state index in [1.807, 2.05) is 54.6 Å². The third-order valence-electron chi connectivity index (χ3n) is 8.39. The maximum atomic E-state index is 14.6. The molecule has 5 aromatic carbocycles. The smallest absolute Gasteiger partial charge is 0.266 e. The predicted octanol–water partition coefficient (Wildman–Crippen LogP) is 7.52. The molecule has 5 aromatic rings. The lowest BCUT2D eigenvalue weighted by atomic mass is 9.81. The fourth-order valence-electron chi connectivity index (χ4n) is 5.83. The van der Waals surface area contributed by atoms with Crippen LogP contribution in [-0.2, 0) is 22.5 Å². The van der Waals surface area contributed by atoms with Crippen LogP contribution in [0.4, 0.5) is 10.1 Å². The van der Waals surface area contributed by atoms with Crippen LogP contribution in [-0.4, -0.2) is 35.7 Å². The van der Waals surface area contributed by atoms with Gasteiger partial charge in [0, 0.05) is 47.7 Å². The molecule has 0 aliphatic carbocycles. The van der Waals surface area contributed by atoms with E-state index in [0.717, 1.165) is 11.1 Å². The van der Waals surface area contributed by atoms with E-state index in [2.05, 4.69) is 20.9 Å². The quantitative estimate of drug-likeness (QED) is 0.0369. The number of carbonyl (C=O) groups is 1. The number of amides is 1. The van der Waals surface area contributed by atoms with Gasteiger partial charge in [-0.1, -0.05) is 102 Å². The van der Waals surface area contributed by atoms with Crippen LogP contribution in [0.25, 0.3) is 21.6 Å². The number of azide groups is 1. The molecule has 2 atom stereocenters. The van der Waals surface area contributed by atoms with Crippen molar-refractivity contribution in [2.75, 3.05) is 13.2 Å². The first-order chi connectivity index (χ1) is 24.5. The van der Waals surface area contributed by atoms with Crippen LogP contribution in [0.3, 0.4) is 0 Å². The van der Waals surface area contributed by atoms with Gasteiger partial charge in [-0.15, -0.1) is 0 Å². The second-order valence-corrected chi connectivity index (χ2v) is 11.7. The summed E-state index contributed by atoms with van der Waals surface area (Å²) in [6.45, 7) is 0.413. The molecular weight excluding hydrogens is 635 g/mol. The van der Waals surface area contributed by atoms with Crippen molar-refractivity contribution in [3.05, 3.63) is 166 Å². The number of ether oxygens (including phenoxy) is 2. The van der Waals surface area contributed by atoms with Gasteiger partial charge in [-0.3, -0.25) is 10.2 Å².